The molecule has 98 valence electrons. The summed E-state index contributed by atoms with van der Waals surface area (Å²) >= 11 is 5.81. The highest BCUT2D eigenvalue weighted by molar-refractivity contribution is 6.30. The zero-order chi connectivity index (χ0) is 13.3. The predicted octanol–water partition coefficient (Wildman–Crippen LogP) is 3.31. The maximum absolute atomic E-state index is 11.8. The maximum atomic E-state index is 11.8. The minimum atomic E-state index is -0.187. The minimum Gasteiger partial charge on any atom is -0.489 e. The van der Waals surface area contributed by atoms with E-state index in [-0.39, 0.29) is 23.4 Å². The molecule has 1 aromatic rings. The molecule has 0 aliphatic heterocycles. The Hall–Kier alpha value is -1.22. The second-order valence-electron chi connectivity index (χ2n) is 5.04. The summed E-state index contributed by atoms with van der Waals surface area (Å²) in [5.74, 6) is 0.360. The fourth-order valence-electron chi connectivity index (χ4n) is 2.13. The third-order valence-electron chi connectivity index (χ3n) is 3.35. The molecule has 1 aliphatic carbocycles. The summed E-state index contributed by atoms with van der Waals surface area (Å²) in [4.78, 5) is 11.8. The Kier molecular flexibility index (Phi) is 3.53. The van der Waals surface area contributed by atoms with E-state index in [1.807, 2.05) is 20.8 Å². The average Bonchev–Trinajstić information content (AvgIpc) is 2.84. The van der Waals surface area contributed by atoms with Gasteiger partial charge in [-0.05, 0) is 31.2 Å². The van der Waals surface area contributed by atoms with Crippen LogP contribution in [0.4, 0.5) is 0 Å². The van der Waals surface area contributed by atoms with Gasteiger partial charge in [0.1, 0.15) is 17.8 Å². The van der Waals surface area contributed by atoms with Crippen molar-refractivity contribution in [3.8, 4) is 5.75 Å². The Morgan fingerprint density at radius 2 is 1.94 bits per heavy atom. The van der Waals surface area contributed by atoms with E-state index in [2.05, 4.69) is 0 Å². The van der Waals surface area contributed by atoms with Crippen LogP contribution >= 0.6 is 11.6 Å². The first kappa shape index (κ1) is 13.2. The van der Waals surface area contributed by atoms with Gasteiger partial charge in [0, 0.05) is 10.4 Å². The van der Waals surface area contributed by atoms with Gasteiger partial charge in [-0.1, -0.05) is 25.4 Å². The number of rotatable bonds is 4. The lowest BCUT2D eigenvalue weighted by molar-refractivity contribution is -0.145. The van der Waals surface area contributed by atoms with Gasteiger partial charge in [-0.3, -0.25) is 4.79 Å². The summed E-state index contributed by atoms with van der Waals surface area (Å²) in [7, 11) is 0. The van der Waals surface area contributed by atoms with Gasteiger partial charge >= 0.3 is 5.97 Å². The molecule has 4 heteroatoms. The summed E-state index contributed by atoms with van der Waals surface area (Å²) in [5.41, 5.74) is -0.175. The molecule has 1 aliphatic rings. The predicted molar refractivity (Wildman–Crippen MR) is 69.8 cm³/mol. The number of halogens is 1. The van der Waals surface area contributed by atoms with Gasteiger partial charge in [-0.25, -0.2) is 0 Å². The highest BCUT2D eigenvalue weighted by Gasteiger charge is 2.65. The summed E-state index contributed by atoms with van der Waals surface area (Å²) in [5, 5.41) is 0.666. The summed E-state index contributed by atoms with van der Waals surface area (Å²) < 4.78 is 10.9. The Bertz CT molecular complexity index is 439. The van der Waals surface area contributed by atoms with Gasteiger partial charge in [0.2, 0.25) is 0 Å². The molecule has 0 amide bonds. The Balaban J connectivity index is 2.02. The van der Waals surface area contributed by atoms with Crippen molar-refractivity contribution in [1.29, 1.82) is 0 Å². The van der Waals surface area contributed by atoms with Crippen molar-refractivity contribution in [3.63, 3.8) is 0 Å². The first-order valence-electron chi connectivity index (χ1n) is 6.05. The zero-order valence-corrected chi connectivity index (χ0v) is 11.5. The van der Waals surface area contributed by atoms with E-state index in [4.69, 9.17) is 21.1 Å². The van der Waals surface area contributed by atoms with Crippen molar-refractivity contribution in [1.82, 2.24) is 0 Å². The molecule has 0 N–H and O–H groups in total. The van der Waals surface area contributed by atoms with Crippen LogP contribution in [0.25, 0.3) is 0 Å². The van der Waals surface area contributed by atoms with Crippen molar-refractivity contribution >= 4 is 17.6 Å². The van der Waals surface area contributed by atoms with Crippen molar-refractivity contribution in [2.45, 2.75) is 26.9 Å². The molecule has 0 radical (unpaired) electrons. The molecular weight excluding hydrogens is 252 g/mol. The molecular formula is C14H17ClO3. The van der Waals surface area contributed by atoms with Crippen LogP contribution in [0.3, 0.4) is 0 Å². The van der Waals surface area contributed by atoms with Gasteiger partial charge in [0.15, 0.2) is 0 Å². The summed E-state index contributed by atoms with van der Waals surface area (Å²) in [6, 6.07) is 7.15. The molecule has 2 atom stereocenters. The zero-order valence-electron chi connectivity index (χ0n) is 10.8. The summed E-state index contributed by atoms with van der Waals surface area (Å²) in [6.45, 7) is 6.23. The van der Waals surface area contributed by atoms with E-state index >= 15 is 0 Å². The number of benzene rings is 1. The lowest BCUT2D eigenvalue weighted by Gasteiger charge is -2.06. The summed E-state index contributed by atoms with van der Waals surface area (Å²) in [6.07, 6.45) is -0.127. The van der Waals surface area contributed by atoms with Crippen molar-refractivity contribution in [2.75, 3.05) is 6.61 Å². The highest BCUT2D eigenvalue weighted by atomic mass is 35.5. The number of ether oxygens (including phenoxy) is 2. The molecule has 2 rings (SSSR count). The van der Waals surface area contributed by atoms with Crippen LogP contribution in [0.1, 0.15) is 20.8 Å². The van der Waals surface area contributed by atoms with Gasteiger partial charge in [-0.15, -0.1) is 0 Å². The maximum Gasteiger partial charge on any atom is 0.313 e. The normalized spacial score (nSPS) is 24.4. The number of carbonyl (C=O) groups excluding carboxylic acids is 1. The molecule has 0 aromatic heterocycles. The first-order chi connectivity index (χ1) is 8.46. The van der Waals surface area contributed by atoms with Gasteiger partial charge in [0.25, 0.3) is 0 Å². The van der Waals surface area contributed by atoms with Crippen LogP contribution in [0.5, 0.6) is 5.75 Å². The topological polar surface area (TPSA) is 35.5 Å². The number of hydrogen-bond acceptors (Lipinski definition) is 3. The fourth-order valence-corrected chi connectivity index (χ4v) is 2.26. The SMILES string of the molecule is CCOC(=O)C1C(Oc2ccc(Cl)cc2)C1(C)C. The lowest BCUT2D eigenvalue weighted by Crippen LogP contribution is -2.12. The smallest absolute Gasteiger partial charge is 0.313 e. The average molecular weight is 269 g/mol. The van der Waals surface area contributed by atoms with E-state index in [0.29, 0.717) is 11.6 Å². The van der Waals surface area contributed by atoms with Crippen LogP contribution in [0.15, 0.2) is 24.3 Å². The van der Waals surface area contributed by atoms with E-state index < -0.39 is 0 Å². The molecule has 0 spiro atoms. The highest BCUT2D eigenvalue weighted by Crippen LogP contribution is 2.54. The second kappa shape index (κ2) is 4.81. The Labute approximate surface area is 112 Å². The van der Waals surface area contributed by atoms with Crippen LogP contribution < -0.4 is 4.74 Å². The molecule has 1 fully saturated rings. The number of hydrogen-bond donors (Lipinski definition) is 0. The second-order valence-corrected chi connectivity index (χ2v) is 5.48. The third-order valence-corrected chi connectivity index (χ3v) is 3.60. The van der Waals surface area contributed by atoms with Crippen LogP contribution in [0.2, 0.25) is 5.02 Å². The standard InChI is InChI=1S/C14H17ClO3/c1-4-17-13(16)11-12(14(11,2)3)18-10-7-5-9(15)6-8-10/h5-8,11-12H,4H2,1-3H3. The van der Waals surface area contributed by atoms with E-state index in [0.717, 1.165) is 5.75 Å². The molecule has 0 heterocycles. The van der Waals surface area contributed by atoms with Gasteiger partial charge in [0.05, 0.1) is 6.61 Å². The fraction of sp³-hybridized carbons (Fsp3) is 0.500. The third kappa shape index (κ3) is 2.46. The number of esters is 1. The van der Waals surface area contributed by atoms with Crippen molar-refractivity contribution in [3.05, 3.63) is 29.3 Å². The Morgan fingerprint density at radius 3 is 2.50 bits per heavy atom. The molecule has 2 unspecified atom stereocenters. The molecule has 1 aromatic carbocycles. The van der Waals surface area contributed by atoms with Crippen molar-refractivity contribution in [2.24, 2.45) is 11.3 Å². The van der Waals surface area contributed by atoms with E-state index in [9.17, 15) is 4.79 Å². The number of carbonyl (C=O) groups is 1. The van der Waals surface area contributed by atoms with E-state index in [1.54, 1.807) is 24.3 Å². The van der Waals surface area contributed by atoms with E-state index in [1.165, 1.54) is 0 Å². The van der Waals surface area contributed by atoms with Crippen molar-refractivity contribution < 1.29 is 14.3 Å². The van der Waals surface area contributed by atoms with Gasteiger partial charge < -0.3 is 9.47 Å². The van der Waals surface area contributed by atoms with Crippen LogP contribution in [-0.4, -0.2) is 18.7 Å². The minimum absolute atomic E-state index is 0.127. The van der Waals surface area contributed by atoms with Crippen LogP contribution in [0, 0.1) is 11.3 Å². The lowest BCUT2D eigenvalue weighted by atomic mass is 10.1. The quantitative estimate of drug-likeness (QED) is 0.786. The Morgan fingerprint density at radius 1 is 1.33 bits per heavy atom. The molecule has 1 saturated carbocycles. The van der Waals surface area contributed by atoms with Crippen LogP contribution in [-0.2, 0) is 9.53 Å². The monoisotopic (exact) mass is 268 g/mol. The molecule has 0 saturated heterocycles. The largest absolute Gasteiger partial charge is 0.489 e. The molecule has 3 nitrogen and oxygen atoms in total. The molecule has 0 bridgehead atoms. The van der Waals surface area contributed by atoms with Gasteiger partial charge in [-0.2, -0.15) is 0 Å². The molecule has 18 heavy (non-hydrogen) atoms. The first-order valence-corrected chi connectivity index (χ1v) is 6.43.